The van der Waals surface area contributed by atoms with Crippen molar-refractivity contribution in [3.63, 3.8) is 0 Å². The summed E-state index contributed by atoms with van der Waals surface area (Å²) in [4.78, 5) is 56.7. The third kappa shape index (κ3) is 5.83. The highest BCUT2D eigenvalue weighted by molar-refractivity contribution is 7.91. The van der Waals surface area contributed by atoms with Crippen LogP contribution in [0.2, 0.25) is 0 Å². The minimum Gasteiger partial charge on any atom is -0.468 e. The second-order valence-electron chi connectivity index (χ2n) is 8.45. The van der Waals surface area contributed by atoms with E-state index < -0.39 is 58.1 Å². The van der Waals surface area contributed by atoms with Crippen LogP contribution in [0.15, 0.2) is 16.3 Å². The normalized spacial score (nSPS) is 24.6. The Balaban J connectivity index is 2.29. The summed E-state index contributed by atoms with van der Waals surface area (Å²) in [6, 6.07) is -0.782. The molecule has 34 heavy (non-hydrogen) atoms. The first-order valence-corrected chi connectivity index (χ1v) is 12.8. The number of aliphatic imine (C=N–C) groups is 1. The maximum atomic E-state index is 13.1. The largest absolute Gasteiger partial charge is 0.468 e. The first-order chi connectivity index (χ1) is 15.9. The molecule has 2 heterocycles. The summed E-state index contributed by atoms with van der Waals surface area (Å²) in [6.45, 7) is 6.01. The topological polar surface area (TPSA) is 146 Å². The highest BCUT2D eigenvalue weighted by atomic mass is 32.2. The molecule has 2 aliphatic rings. The van der Waals surface area contributed by atoms with Crippen molar-refractivity contribution < 1.29 is 41.8 Å². The molecule has 4 unspecified atom stereocenters. The number of methoxy groups -OCH3 is 2. The molecule has 0 saturated carbocycles. The molecule has 12 heteroatoms. The van der Waals surface area contributed by atoms with E-state index in [0.717, 1.165) is 14.2 Å². The fourth-order valence-electron chi connectivity index (χ4n) is 4.40. The number of hydrogen-bond acceptors (Lipinski definition) is 10. The summed E-state index contributed by atoms with van der Waals surface area (Å²) in [6.07, 6.45) is 0.886. The summed E-state index contributed by atoms with van der Waals surface area (Å²) in [5.41, 5.74) is 0.291. The number of carbonyl (C=O) groups is 4. The number of carbonyl (C=O) groups excluding carboxylic acids is 4. The molecule has 11 nitrogen and oxygen atoms in total. The van der Waals surface area contributed by atoms with Gasteiger partial charge in [0, 0.05) is 23.5 Å². The Morgan fingerprint density at radius 1 is 1.09 bits per heavy atom. The van der Waals surface area contributed by atoms with Gasteiger partial charge in [-0.05, 0) is 33.6 Å². The van der Waals surface area contributed by atoms with Crippen molar-refractivity contribution in [2.24, 2.45) is 16.8 Å². The Morgan fingerprint density at radius 3 is 2.24 bits per heavy atom. The van der Waals surface area contributed by atoms with Gasteiger partial charge >= 0.3 is 17.9 Å². The number of hydrogen-bond donors (Lipinski definition) is 0. The van der Waals surface area contributed by atoms with Gasteiger partial charge in [0.2, 0.25) is 0 Å². The van der Waals surface area contributed by atoms with Crippen molar-refractivity contribution in [1.29, 1.82) is 0 Å². The molecule has 0 aromatic rings. The number of rotatable bonds is 8. The van der Waals surface area contributed by atoms with Gasteiger partial charge in [-0.15, -0.1) is 0 Å². The third-order valence-electron chi connectivity index (χ3n) is 6.24. The Bertz CT molecular complexity index is 1020. The predicted octanol–water partition coefficient (Wildman–Crippen LogP) is 0.671. The zero-order valence-corrected chi connectivity index (χ0v) is 21.1. The smallest absolute Gasteiger partial charge is 0.336 e. The monoisotopic (exact) mass is 500 g/mol. The fourth-order valence-corrected chi connectivity index (χ4v) is 6.11. The van der Waals surface area contributed by atoms with E-state index in [-0.39, 0.29) is 34.5 Å². The Morgan fingerprint density at radius 2 is 1.74 bits per heavy atom. The number of ether oxygens (including phenoxy) is 3. The van der Waals surface area contributed by atoms with Crippen LogP contribution in [0.4, 0.5) is 0 Å². The average Bonchev–Trinajstić information content (AvgIpc) is 3.14. The van der Waals surface area contributed by atoms with E-state index in [0.29, 0.717) is 12.8 Å². The van der Waals surface area contributed by atoms with Crippen LogP contribution in [-0.2, 0) is 43.2 Å². The summed E-state index contributed by atoms with van der Waals surface area (Å²) < 4.78 is 38.8. The van der Waals surface area contributed by atoms with E-state index in [1.54, 1.807) is 6.92 Å². The molecule has 2 aliphatic heterocycles. The number of amides is 1. The molecule has 0 spiro atoms. The quantitative estimate of drug-likeness (QED) is 0.347. The van der Waals surface area contributed by atoms with E-state index in [2.05, 4.69) is 4.99 Å². The maximum absolute atomic E-state index is 13.1. The van der Waals surface area contributed by atoms with Crippen LogP contribution in [-0.4, -0.2) is 87.3 Å². The van der Waals surface area contributed by atoms with Crippen LogP contribution in [0.3, 0.4) is 0 Å². The number of esters is 3. The maximum Gasteiger partial charge on any atom is 0.336 e. The number of nitrogens with zero attached hydrogens (tertiary/aromatic N) is 2. The van der Waals surface area contributed by atoms with Gasteiger partial charge < -0.3 is 19.1 Å². The molecule has 190 valence electrons. The van der Waals surface area contributed by atoms with Gasteiger partial charge in [0.05, 0.1) is 31.3 Å². The SMILES string of the molecule is CCC(C)N(C(=O)COC(=O)C1C(C(=O)OC)=C(C)N=C(C)C1C(=O)OC)C1CCS(=O)(=O)C1. The highest BCUT2D eigenvalue weighted by Crippen LogP contribution is 2.33. The Hall–Kier alpha value is -2.76. The predicted molar refractivity (Wildman–Crippen MR) is 121 cm³/mol. The van der Waals surface area contributed by atoms with Gasteiger partial charge in [-0.3, -0.25) is 19.4 Å². The van der Waals surface area contributed by atoms with E-state index in [9.17, 15) is 27.6 Å². The molecule has 4 atom stereocenters. The van der Waals surface area contributed by atoms with Gasteiger partial charge in [0.1, 0.15) is 11.8 Å². The van der Waals surface area contributed by atoms with Crippen LogP contribution >= 0.6 is 0 Å². The minimum absolute atomic E-state index is 0.00821. The van der Waals surface area contributed by atoms with Crippen LogP contribution in [0.25, 0.3) is 0 Å². The number of allylic oxidation sites excluding steroid dienone is 1. The summed E-state index contributed by atoms with van der Waals surface area (Å²) >= 11 is 0. The fraction of sp³-hybridized carbons (Fsp3) is 0.682. The highest BCUT2D eigenvalue weighted by Gasteiger charge is 2.47. The molecule has 0 radical (unpaired) electrons. The van der Waals surface area contributed by atoms with Crippen molar-refractivity contribution in [1.82, 2.24) is 4.90 Å². The lowest BCUT2D eigenvalue weighted by molar-refractivity contribution is -0.161. The molecule has 0 aliphatic carbocycles. The first-order valence-electron chi connectivity index (χ1n) is 11.0. The zero-order chi connectivity index (χ0) is 25.8. The first kappa shape index (κ1) is 27.5. The van der Waals surface area contributed by atoms with Crippen molar-refractivity contribution in [2.75, 3.05) is 32.3 Å². The molecular weight excluding hydrogens is 468 g/mol. The lowest BCUT2D eigenvalue weighted by Crippen LogP contribution is -2.49. The average molecular weight is 501 g/mol. The standard InChI is InChI=1S/C22H32N2O9S/c1-7-12(2)24(15-8-9-34(29,30)11-15)16(25)10-33-22(28)19-17(20(26)31-5)13(3)23-14(4)18(19)21(27)32-6/h12,15,17,19H,7-11H2,1-6H3. The van der Waals surface area contributed by atoms with Gasteiger partial charge in [0.15, 0.2) is 16.4 Å². The van der Waals surface area contributed by atoms with Crippen LogP contribution in [0.5, 0.6) is 0 Å². The van der Waals surface area contributed by atoms with Crippen molar-refractivity contribution >= 4 is 39.4 Å². The van der Waals surface area contributed by atoms with Crippen LogP contribution in [0.1, 0.15) is 40.5 Å². The van der Waals surface area contributed by atoms with Gasteiger partial charge in [-0.1, -0.05) is 6.92 Å². The summed E-state index contributed by atoms with van der Waals surface area (Å²) in [7, 11) is -0.965. The molecule has 0 bridgehead atoms. The molecule has 0 aromatic heterocycles. The lowest BCUT2D eigenvalue weighted by Gasteiger charge is -2.34. The Labute approximate surface area is 199 Å². The molecule has 2 rings (SSSR count). The summed E-state index contributed by atoms with van der Waals surface area (Å²) in [5, 5.41) is 0. The van der Waals surface area contributed by atoms with Gasteiger partial charge in [0.25, 0.3) is 5.91 Å². The zero-order valence-electron chi connectivity index (χ0n) is 20.3. The Kier molecular flexibility index (Phi) is 8.98. The molecule has 0 aromatic carbocycles. The second-order valence-corrected chi connectivity index (χ2v) is 10.7. The van der Waals surface area contributed by atoms with Crippen LogP contribution in [0, 0.1) is 11.8 Å². The third-order valence-corrected chi connectivity index (χ3v) is 7.99. The van der Waals surface area contributed by atoms with E-state index in [1.807, 2.05) is 6.92 Å². The van der Waals surface area contributed by atoms with Crippen molar-refractivity contribution in [2.45, 2.75) is 52.6 Å². The molecule has 1 saturated heterocycles. The van der Waals surface area contributed by atoms with Gasteiger partial charge in [-0.25, -0.2) is 13.2 Å². The molecule has 0 N–H and O–H groups in total. The minimum atomic E-state index is -3.24. The lowest BCUT2D eigenvalue weighted by atomic mass is 9.80. The van der Waals surface area contributed by atoms with E-state index >= 15 is 0 Å². The van der Waals surface area contributed by atoms with Crippen molar-refractivity contribution in [3.05, 3.63) is 11.3 Å². The summed E-state index contributed by atoms with van der Waals surface area (Å²) in [5.74, 6) is -5.97. The van der Waals surface area contributed by atoms with E-state index in [1.165, 1.54) is 18.7 Å². The molecule has 1 amide bonds. The van der Waals surface area contributed by atoms with Crippen LogP contribution < -0.4 is 0 Å². The molecular formula is C22H32N2O9S. The number of sulfone groups is 1. The molecule has 1 fully saturated rings. The van der Waals surface area contributed by atoms with E-state index in [4.69, 9.17) is 14.2 Å². The second kappa shape index (κ2) is 11.1. The van der Waals surface area contributed by atoms with Crippen molar-refractivity contribution in [3.8, 4) is 0 Å². The van der Waals surface area contributed by atoms with Gasteiger partial charge in [-0.2, -0.15) is 0 Å².